The highest BCUT2D eigenvalue weighted by Gasteiger charge is 2.45. The van der Waals surface area contributed by atoms with E-state index in [1.54, 1.807) is 12.6 Å². The van der Waals surface area contributed by atoms with Gasteiger partial charge in [0.2, 0.25) is 5.91 Å². The lowest BCUT2D eigenvalue weighted by Crippen LogP contribution is -2.42. The summed E-state index contributed by atoms with van der Waals surface area (Å²) in [5.41, 5.74) is 3.31. The molecule has 1 saturated carbocycles. The predicted molar refractivity (Wildman–Crippen MR) is 92.6 cm³/mol. The van der Waals surface area contributed by atoms with Crippen molar-refractivity contribution in [2.45, 2.75) is 49.9 Å². The van der Waals surface area contributed by atoms with Crippen molar-refractivity contribution in [3.05, 3.63) is 35.4 Å². The standard InChI is InChI=1S/C20H28N2O/c1-21-19(23)12-16-13-20(18-5-3-2-4-17(16)18)8-10-22(11-9-20)14-15-6-7-15/h2-5,15-16H,6-14H2,1H3,(H,21,23)/t16-/m0/s1. The van der Waals surface area contributed by atoms with Crippen LogP contribution in [0.2, 0.25) is 0 Å². The Kier molecular flexibility index (Phi) is 3.92. The molecule has 3 aliphatic rings. The van der Waals surface area contributed by atoms with Crippen LogP contribution in [0, 0.1) is 5.92 Å². The van der Waals surface area contributed by atoms with Crippen molar-refractivity contribution in [3.63, 3.8) is 0 Å². The summed E-state index contributed by atoms with van der Waals surface area (Å²) in [6.07, 6.45) is 7.22. The van der Waals surface area contributed by atoms with Crippen molar-refractivity contribution in [2.75, 3.05) is 26.7 Å². The number of carbonyl (C=O) groups excluding carboxylic acids is 1. The number of piperidine rings is 1. The fraction of sp³-hybridized carbons (Fsp3) is 0.650. The van der Waals surface area contributed by atoms with Crippen LogP contribution in [0.25, 0.3) is 0 Å². The van der Waals surface area contributed by atoms with Gasteiger partial charge in [-0.1, -0.05) is 24.3 Å². The second-order valence-electron chi connectivity index (χ2n) is 7.89. The molecule has 0 bridgehead atoms. The zero-order chi connectivity index (χ0) is 15.9. The van der Waals surface area contributed by atoms with E-state index >= 15 is 0 Å². The van der Waals surface area contributed by atoms with Gasteiger partial charge in [-0.25, -0.2) is 0 Å². The summed E-state index contributed by atoms with van der Waals surface area (Å²) in [5.74, 6) is 1.56. The number of amides is 1. The van der Waals surface area contributed by atoms with Gasteiger partial charge in [-0.3, -0.25) is 4.79 Å². The number of fused-ring (bicyclic) bond motifs is 2. The lowest BCUT2D eigenvalue weighted by atomic mass is 9.73. The van der Waals surface area contributed by atoms with Crippen molar-refractivity contribution in [3.8, 4) is 0 Å². The molecule has 1 N–H and O–H groups in total. The number of likely N-dealkylation sites (tertiary alicyclic amines) is 1. The van der Waals surface area contributed by atoms with Crippen molar-refractivity contribution in [1.29, 1.82) is 0 Å². The van der Waals surface area contributed by atoms with E-state index in [4.69, 9.17) is 0 Å². The SMILES string of the molecule is CNC(=O)C[C@H]1CC2(CCN(CC3CC3)CC2)c2ccccc21. The number of nitrogens with one attached hydrogen (secondary N) is 1. The highest BCUT2D eigenvalue weighted by Crippen LogP contribution is 2.52. The van der Waals surface area contributed by atoms with Gasteiger partial charge in [-0.05, 0) is 73.6 Å². The molecule has 4 rings (SSSR count). The van der Waals surface area contributed by atoms with Crippen LogP contribution in [0.15, 0.2) is 24.3 Å². The van der Waals surface area contributed by atoms with Crippen LogP contribution in [-0.4, -0.2) is 37.5 Å². The van der Waals surface area contributed by atoms with E-state index in [-0.39, 0.29) is 5.91 Å². The summed E-state index contributed by atoms with van der Waals surface area (Å²) < 4.78 is 0. The smallest absolute Gasteiger partial charge is 0.220 e. The fourth-order valence-corrected chi connectivity index (χ4v) is 4.84. The first-order valence-corrected chi connectivity index (χ1v) is 9.22. The largest absolute Gasteiger partial charge is 0.359 e. The second-order valence-corrected chi connectivity index (χ2v) is 7.89. The van der Waals surface area contributed by atoms with Gasteiger partial charge in [-0.2, -0.15) is 0 Å². The third-order valence-electron chi connectivity index (χ3n) is 6.35. The Morgan fingerprint density at radius 2 is 2.00 bits per heavy atom. The van der Waals surface area contributed by atoms with Gasteiger partial charge in [0.05, 0.1) is 0 Å². The van der Waals surface area contributed by atoms with E-state index in [0.29, 0.717) is 17.8 Å². The molecule has 1 atom stereocenters. The number of hydrogen-bond acceptors (Lipinski definition) is 2. The highest BCUT2D eigenvalue weighted by molar-refractivity contribution is 5.77. The topological polar surface area (TPSA) is 32.3 Å². The van der Waals surface area contributed by atoms with Gasteiger partial charge in [0.25, 0.3) is 0 Å². The number of rotatable bonds is 4. The molecule has 1 aromatic carbocycles. The predicted octanol–water partition coefficient (Wildman–Crippen LogP) is 3.05. The average Bonchev–Trinajstić information content (AvgIpc) is 3.35. The molecule has 0 radical (unpaired) electrons. The van der Waals surface area contributed by atoms with Crippen LogP contribution in [0.4, 0.5) is 0 Å². The minimum Gasteiger partial charge on any atom is -0.359 e. The number of benzene rings is 1. The minimum absolute atomic E-state index is 0.174. The Morgan fingerprint density at radius 1 is 1.26 bits per heavy atom. The van der Waals surface area contributed by atoms with E-state index in [1.807, 2.05) is 0 Å². The summed E-state index contributed by atoms with van der Waals surface area (Å²) in [4.78, 5) is 14.6. The highest BCUT2D eigenvalue weighted by atomic mass is 16.1. The van der Waals surface area contributed by atoms with Gasteiger partial charge >= 0.3 is 0 Å². The van der Waals surface area contributed by atoms with Crippen LogP contribution in [0.5, 0.6) is 0 Å². The van der Waals surface area contributed by atoms with Crippen molar-refractivity contribution < 1.29 is 4.79 Å². The number of nitrogens with zero attached hydrogens (tertiary/aromatic N) is 1. The summed E-state index contributed by atoms with van der Waals surface area (Å²) in [5, 5.41) is 2.80. The minimum atomic E-state index is 0.174. The molecule has 2 aliphatic carbocycles. The van der Waals surface area contributed by atoms with Crippen molar-refractivity contribution in [2.24, 2.45) is 5.92 Å². The van der Waals surface area contributed by atoms with Crippen molar-refractivity contribution >= 4 is 5.91 Å². The monoisotopic (exact) mass is 312 g/mol. The Morgan fingerprint density at radius 3 is 2.70 bits per heavy atom. The maximum absolute atomic E-state index is 11.9. The summed E-state index contributed by atoms with van der Waals surface area (Å²) in [7, 11) is 1.75. The van der Waals surface area contributed by atoms with Gasteiger partial charge in [0, 0.05) is 20.0 Å². The van der Waals surface area contributed by atoms with E-state index in [1.165, 1.54) is 50.9 Å². The molecule has 124 valence electrons. The lowest BCUT2D eigenvalue weighted by Gasteiger charge is -2.40. The van der Waals surface area contributed by atoms with E-state index in [0.717, 1.165) is 12.3 Å². The third kappa shape index (κ3) is 2.91. The van der Waals surface area contributed by atoms with Crippen molar-refractivity contribution in [1.82, 2.24) is 10.2 Å². The molecule has 1 saturated heterocycles. The molecule has 2 fully saturated rings. The quantitative estimate of drug-likeness (QED) is 0.927. The normalized spacial score (nSPS) is 26.2. The fourth-order valence-electron chi connectivity index (χ4n) is 4.84. The molecule has 1 spiro atoms. The molecule has 1 heterocycles. The van der Waals surface area contributed by atoms with Crippen LogP contribution in [0.3, 0.4) is 0 Å². The maximum Gasteiger partial charge on any atom is 0.220 e. The molecule has 3 nitrogen and oxygen atoms in total. The van der Waals surface area contributed by atoms with E-state index in [2.05, 4.69) is 34.5 Å². The summed E-state index contributed by atoms with van der Waals surface area (Å²) >= 11 is 0. The van der Waals surface area contributed by atoms with Crippen LogP contribution < -0.4 is 5.32 Å². The van der Waals surface area contributed by atoms with Crippen LogP contribution in [0.1, 0.15) is 55.6 Å². The molecular weight excluding hydrogens is 284 g/mol. The Hall–Kier alpha value is -1.35. The van der Waals surface area contributed by atoms with Crippen LogP contribution in [-0.2, 0) is 10.2 Å². The molecule has 0 aromatic heterocycles. The first-order valence-electron chi connectivity index (χ1n) is 9.22. The molecule has 23 heavy (non-hydrogen) atoms. The third-order valence-corrected chi connectivity index (χ3v) is 6.35. The molecule has 3 heteroatoms. The van der Waals surface area contributed by atoms with Gasteiger partial charge in [0.1, 0.15) is 0 Å². The lowest BCUT2D eigenvalue weighted by molar-refractivity contribution is -0.121. The van der Waals surface area contributed by atoms with E-state index in [9.17, 15) is 4.79 Å². The van der Waals surface area contributed by atoms with E-state index < -0.39 is 0 Å². The summed E-state index contributed by atoms with van der Waals surface area (Å²) in [6.45, 7) is 3.79. The Labute approximate surface area is 139 Å². The van der Waals surface area contributed by atoms with Crippen LogP contribution >= 0.6 is 0 Å². The number of carbonyl (C=O) groups is 1. The zero-order valence-corrected chi connectivity index (χ0v) is 14.2. The van der Waals surface area contributed by atoms with Gasteiger partial charge in [0.15, 0.2) is 0 Å². The number of hydrogen-bond donors (Lipinski definition) is 1. The first kappa shape index (κ1) is 15.2. The van der Waals surface area contributed by atoms with Gasteiger partial charge < -0.3 is 10.2 Å². The average molecular weight is 312 g/mol. The molecule has 0 unspecified atom stereocenters. The molecule has 1 amide bonds. The summed E-state index contributed by atoms with van der Waals surface area (Å²) in [6, 6.07) is 8.90. The maximum atomic E-state index is 11.9. The Balaban J connectivity index is 1.51. The zero-order valence-electron chi connectivity index (χ0n) is 14.2. The molecular formula is C20H28N2O. The van der Waals surface area contributed by atoms with Gasteiger partial charge in [-0.15, -0.1) is 0 Å². The second kappa shape index (κ2) is 5.94. The first-order chi connectivity index (χ1) is 11.2. The molecule has 1 aromatic rings. The Bertz CT molecular complexity index is 585. The molecule has 1 aliphatic heterocycles.